The highest BCUT2D eigenvalue weighted by Gasteiger charge is 2.02. The number of hydrogen-bond acceptors (Lipinski definition) is 2. The number of amides is 2. The molecule has 0 spiro atoms. The first-order valence-corrected chi connectivity index (χ1v) is 5.57. The Kier molecular flexibility index (Phi) is 3.48. The summed E-state index contributed by atoms with van der Waals surface area (Å²) >= 11 is 0. The molecule has 3 N–H and O–H groups in total. The molecule has 2 aromatic rings. The Labute approximate surface area is 105 Å². The van der Waals surface area contributed by atoms with Gasteiger partial charge >= 0.3 is 6.03 Å². The van der Waals surface area contributed by atoms with Crippen LogP contribution in [0.25, 0.3) is 0 Å². The predicted octanol–water partition coefficient (Wildman–Crippen LogP) is 3.34. The third-order valence-electron chi connectivity index (χ3n) is 2.38. The van der Waals surface area contributed by atoms with E-state index < -0.39 is 0 Å². The number of aromatic hydroxyl groups is 1. The first-order chi connectivity index (χ1) is 8.63. The molecule has 0 unspecified atom stereocenters. The second kappa shape index (κ2) is 5.23. The van der Waals surface area contributed by atoms with E-state index in [-0.39, 0.29) is 11.8 Å². The maximum Gasteiger partial charge on any atom is 0.323 e. The van der Waals surface area contributed by atoms with Gasteiger partial charge in [-0.1, -0.05) is 18.2 Å². The zero-order valence-electron chi connectivity index (χ0n) is 9.97. The normalized spacial score (nSPS) is 9.83. The van der Waals surface area contributed by atoms with Gasteiger partial charge in [0.25, 0.3) is 0 Å². The van der Waals surface area contributed by atoms with Gasteiger partial charge in [-0.25, -0.2) is 4.79 Å². The quantitative estimate of drug-likeness (QED) is 0.756. The lowest BCUT2D eigenvalue weighted by molar-refractivity contribution is 0.262. The number of aryl methyl sites for hydroxylation is 1. The maximum absolute atomic E-state index is 11.7. The first-order valence-electron chi connectivity index (χ1n) is 5.57. The van der Waals surface area contributed by atoms with Crippen molar-refractivity contribution in [1.29, 1.82) is 0 Å². The molecule has 0 aliphatic carbocycles. The molecule has 2 aromatic carbocycles. The Hall–Kier alpha value is -2.49. The summed E-state index contributed by atoms with van der Waals surface area (Å²) in [6.45, 7) is 1.96. The van der Waals surface area contributed by atoms with Crippen molar-refractivity contribution in [3.8, 4) is 5.75 Å². The lowest BCUT2D eigenvalue weighted by Crippen LogP contribution is -2.19. The average molecular weight is 242 g/mol. The molecular formula is C14H14N2O2. The highest BCUT2D eigenvalue weighted by Crippen LogP contribution is 2.16. The molecule has 0 bridgehead atoms. The van der Waals surface area contributed by atoms with Gasteiger partial charge in [-0.05, 0) is 36.8 Å². The third kappa shape index (κ3) is 3.25. The van der Waals surface area contributed by atoms with Crippen LogP contribution in [0.4, 0.5) is 16.2 Å². The molecule has 92 valence electrons. The highest BCUT2D eigenvalue weighted by atomic mass is 16.3. The molecule has 0 radical (unpaired) electrons. The topological polar surface area (TPSA) is 61.4 Å². The van der Waals surface area contributed by atoms with E-state index in [9.17, 15) is 9.90 Å². The fraction of sp³-hybridized carbons (Fsp3) is 0.0714. The van der Waals surface area contributed by atoms with E-state index in [1.54, 1.807) is 18.2 Å². The van der Waals surface area contributed by atoms with E-state index in [0.29, 0.717) is 5.69 Å². The zero-order valence-corrected chi connectivity index (χ0v) is 9.97. The van der Waals surface area contributed by atoms with Crippen LogP contribution in [0.15, 0.2) is 48.5 Å². The summed E-state index contributed by atoms with van der Waals surface area (Å²) in [5.41, 5.74) is 2.35. The zero-order chi connectivity index (χ0) is 13.0. The lowest BCUT2D eigenvalue weighted by atomic mass is 10.2. The van der Waals surface area contributed by atoms with Gasteiger partial charge in [0.15, 0.2) is 0 Å². The Balaban J connectivity index is 2.01. The highest BCUT2D eigenvalue weighted by molar-refractivity contribution is 5.99. The van der Waals surface area contributed by atoms with Crippen LogP contribution in [0.1, 0.15) is 5.56 Å². The van der Waals surface area contributed by atoms with Crippen LogP contribution in [0, 0.1) is 6.92 Å². The fourth-order valence-electron chi connectivity index (χ4n) is 1.60. The van der Waals surface area contributed by atoms with E-state index in [1.807, 2.05) is 31.2 Å². The minimum atomic E-state index is -0.341. The Morgan fingerprint density at radius 1 is 1.00 bits per heavy atom. The number of phenolic OH excluding ortho intramolecular Hbond substituents is 1. The lowest BCUT2D eigenvalue weighted by Gasteiger charge is -2.08. The van der Waals surface area contributed by atoms with Crippen molar-refractivity contribution in [2.24, 2.45) is 0 Å². The Bertz CT molecular complexity index is 518. The van der Waals surface area contributed by atoms with Gasteiger partial charge in [-0.2, -0.15) is 0 Å². The molecule has 0 atom stereocenters. The van der Waals surface area contributed by atoms with Crippen LogP contribution in [0.5, 0.6) is 5.75 Å². The third-order valence-corrected chi connectivity index (χ3v) is 2.38. The number of rotatable bonds is 2. The SMILES string of the molecule is Cc1cccc(NC(=O)Nc2cccc(O)c2)c1. The summed E-state index contributed by atoms with van der Waals surface area (Å²) in [4.78, 5) is 11.7. The summed E-state index contributed by atoms with van der Waals surface area (Å²) in [5, 5.41) is 14.6. The minimum Gasteiger partial charge on any atom is -0.508 e. The van der Waals surface area contributed by atoms with Gasteiger partial charge in [0.2, 0.25) is 0 Å². The first kappa shape index (κ1) is 12.0. The van der Waals surface area contributed by atoms with E-state index in [0.717, 1.165) is 11.3 Å². The van der Waals surface area contributed by atoms with Gasteiger partial charge in [0.05, 0.1) is 0 Å². The van der Waals surface area contributed by atoms with Crippen LogP contribution in [-0.4, -0.2) is 11.1 Å². The molecule has 0 fully saturated rings. The Morgan fingerprint density at radius 3 is 2.22 bits per heavy atom. The van der Waals surface area contributed by atoms with Crippen molar-refractivity contribution in [2.75, 3.05) is 10.6 Å². The van der Waals surface area contributed by atoms with Crippen molar-refractivity contribution >= 4 is 17.4 Å². The fourth-order valence-corrected chi connectivity index (χ4v) is 1.60. The van der Waals surface area contributed by atoms with Crippen molar-refractivity contribution in [3.05, 3.63) is 54.1 Å². The van der Waals surface area contributed by atoms with Gasteiger partial charge in [-0.15, -0.1) is 0 Å². The number of hydrogen-bond donors (Lipinski definition) is 3. The molecule has 0 heterocycles. The minimum absolute atomic E-state index is 0.114. The van der Waals surface area contributed by atoms with Gasteiger partial charge in [0, 0.05) is 17.4 Å². The molecule has 4 nitrogen and oxygen atoms in total. The molecule has 0 aromatic heterocycles. The molecular weight excluding hydrogens is 228 g/mol. The van der Waals surface area contributed by atoms with Crippen LogP contribution in [0.3, 0.4) is 0 Å². The van der Waals surface area contributed by atoms with Crippen molar-refractivity contribution in [3.63, 3.8) is 0 Å². The van der Waals surface area contributed by atoms with Crippen molar-refractivity contribution in [1.82, 2.24) is 0 Å². The molecule has 0 saturated heterocycles. The van der Waals surface area contributed by atoms with Gasteiger partial charge in [0.1, 0.15) is 5.75 Å². The van der Waals surface area contributed by atoms with E-state index >= 15 is 0 Å². The average Bonchev–Trinajstić information content (AvgIpc) is 2.28. The molecule has 0 aliphatic rings. The number of phenols is 1. The van der Waals surface area contributed by atoms with Gasteiger partial charge < -0.3 is 15.7 Å². The largest absolute Gasteiger partial charge is 0.508 e. The summed E-state index contributed by atoms with van der Waals surface area (Å²) in [7, 11) is 0. The number of urea groups is 1. The number of benzene rings is 2. The van der Waals surface area contributed by atoms with E-state index in [4.69, 9.17) is 0 Å². The van der Waals surface area contributed by atoms with Gasteiger partial charge in [-0.3, -0.25) is 0 Å². The van der Waals surface area contributed by atoms with Crippen LogP contribution in [-0.2, 0) is 0 Å². The van der Waals surface area contributed by atoms with E-state index in [1.165, 1.54) is 6.07 Å². The molecule has 0 aliphatic heterocycles. The molecule has 2 rings (SSSR count). The molecule has 2 amide bonds. The second-order valence-electron chi connectivity index (χ2n) is 4.00. The second-order valence-corrected chi connectivity index (χ2v) is 4.00. The molecule has 0 saturated carbocycles. The van der Waals surface area contributed by atoms with Crippen LogP contribution in [0.2, 0.25) is 0 Å². The monoisotopic (exact) mass is 242 g/mol. The summed E-state index contributed by atoms with van der Waals surface area (Å²) < 4.78 is 0. The predicted molar refractivity (Wildman–Crippen MR) is 71.9 cm³/mol. The summed E-state index contributed by atoms with van der Waals surface area (Å²) in [6.07, 6.45) is 0. The Morgan fingerprint density at radius 2 is 1.61 bits per heavy atom. The molecule has 18 heavy (non-hydrogen) atoms. The summed E-state index contributed by atoms with van der Waals surface area (Å²) in [5.74, 6) is 0.114. The number of nitrogens with one attached hydrogen (secondary N) is 2. The van der Waals surface area contributed by atoms with Crippen LogP contribution >= 0.6 is 0 Å². The van der Waals surface area contributed by atoms with Crippen molar-refractivity contribution < 1.29 is 9.90 Å². The number of carbonyl (C=O) groups excluding carboxylic acids is 1. The maximum atomic E-state index is 11.7. The number of carbonyl (C=O) groups is 1. The molecule has 4 heteroatoms. The van der Waals surface area contributed by atoms with E-state index in [2.05, 4.69) is 10.6 Å². The standard InChI is InChI=1S/C14H14N2O2/c1-10-4-2-5-11(8-10)15-14(18)16-12-6-3-7-13(17)9-12/h2-9,17H,1H3,(H2,15,16,18). The van der Waals surface area contributed by atoms with Crippen LogP contribution < -0.4 is 10.6 Å². The smallest absolute Gasteiger partial charge is 0.323 e. The summed E-state index contributed by atoms with van der Waals surface area (Å²) in [6, 6.07) is 13.6. The van der Waals surface area contributed by atoms with Crippen molar-refractivity contribution in [2.45, 2.75) is 6.92 Å². The number of anilines is 2.